The van der Waals surface area contributed by atoms with Crippen LogP contribution in [0.2, 0.25) is 0 Å². The molecule has 0 spiro atoms. The van der Waals surface area contributed by atoms with Gasteiger partial charge in [0, 0.05) is 17.2 Å². The largest absolute Gasteiger partial charge is 0.492 e. The number of hydrogen-bond acceptors (Lipinski definition) is 6. The lowest BCUT2D eigenvalue weighted by Gasteiger charge is -2.22. The maximum atomic E-state index is 13.5. The van der Waals surface area contributed by atoms with Gasteiger partial charge in [0.2, 0.25) is 0 Å². The number of allylic oxidation sites excluding steroid dienone is 2. The second-order valence-electron chi connectivity index (χ2n) is 10.4. The Balaban J connectivity index is 2.89. The van der Waals surface area contributed by atoms with Crippen molar-refractivity contribution in [1.29, 1.82) is 0 Å². The van der Waals surface area contributed by atoms with Crippen LogP contribution < -0.4 is 4.74 Å². The first-order valence-corrected chi connectivity index (χ1v) is 14.2. The van der Waals surface area contributed by atoms with Crippen LogP contribution in [0.5, 0.6) is 5.75 Å². The Bertz CT molecular complexity index is 1210. The van der Waals surface area contributed by atoms with Crippen molar-refractivity contribution in [2.75, 3.05) is 6.61 Å². The molecule has 0 fully saturated rings. The fourth-order valence-corrected chi connectivity index (χ4v) is 5.07. The molecule has 7 heteroatoms. The third-order valence-corrected chi connectivity index (χ3v) is 9.38. The molecular formula is C28H43N3O3S. The molecule has 0 aliphatic carbocycles. The Morgan fingerprint density at radius 3 is 2.20 bits per heavy atom. The van der Waals surface area contributed by atoms with Crippen molar-refractivity contribution >= 4 is 32.3 Å². The van der Waals surface area contributed by atoms with Crippen LogP contribution in [0.3, 0.4) is 0 Å². The highest BCUT2D eigenvalue weighted by Crippen LogP contribution is 2.37. The van der Waals surface area contributed by atoms with Gasteiger partial charge < -0.3 is 4.74 Å². The van der Waals surface area contributed by atoms with Gasteiger partial charge in [-0.25, -0.2) is 23.4 Å². The fraction of sp³-hybridized carbons (Fsp3) is 0.607. The van der Waals surface area contributed by atoms with Gasteiger partial charge in [-0.2, -0.15) is 0 Å². The number of rotatable bonds is 10. The van der Waals surface area contributed by atoms with Crippen molar-refractivity contribution in [1.82, 2.24) is 9.97 Å². The molecule has 0 bridgehead atoms. The molecule has 1 heterocycles. The predicted octanol–water partition coefficient (Wildman–Crippen LogP) is 7.49. The zero-order chi connectivity index (χ0) is 26.6. The van der Waals surface area contributed by atoms with Crippen LogP contribution in [0.15, 0.2) is 39.5 Å². The summed E-state index contributed by atoms with van der Waals surface area (Å²) >= 11 is 0. The third kappa shape index (κ3) is 6.29. The van der Waals surface area contributed by atoms with Gasteiger partial charge >= 0.3 is 0 Å². The lowest BCUT2D eigenvalue weighted by Crippen LogP contribution is -2.28. The van der Waals surface area contributed by atoms with Gasteiger partial charge in [0.1, 0.15) is 17.0 Å². The standard InChI is InChI=1S/C28H43N3O3S/c1-11-14-34-24-16-23-22(15-25(24)35(32,33)28(8,9)10)27(30-17-29-23)31-26(19(5)13-3)21(7)20(6)18(4)12-2/h15-19H,11-14H2,1-10H3. The molecule has 0 aliphatic rings. The lowest BCUT2D eigenvalue weighted by molar-refractivity contribution is 0.309. The Morgan fingerprint density at radius 1 is 1.03 bits per heavy atom. The number of aromatic nitrogens is 2. The molecule has 2 unspecified atom stereocenters. The van der Waals surface area contributed by atoms with Crippen LogP contribution in [0.1, 0.15) is 88.5 Å². The highest BCUT2D eigenvalue weighted by molar-refractivity contribution is 7.92. The number of sulfone groups is 1. The summed E-state index contributed by atoms with van der Waals surface area (Å²) in [6.45, 7) is 20.5. The van der Waals surface area contributed by atoms with Crippen LogP contribution in [0, 0.1) is 11.8 Å². The molecule has 2 aromatic rings. The van der Waals surface area contributed by atoms with Crippen molar-refractivity contribution < 1.29 is 13.2 Å². The minimum absolute atomic E-state index is 0.158. The Labute approximate surface area is 212 Å². The first kappa shape index (κ1) is 29.0. The summed E-state index contributed by atoms with van der Waals surface area (Å²) in [5, 5.41) is 0.606. The van der Waals surface area contributed by atoms with E-state index in [1.165, 1.54) is 17.5 Å². The molecule has 0 saturated carbocycles. The zero-order valence-electron chi connectivity index (χ0n) is 23.2. The highest BCUT2D eigenvalue weighted by Gasteiger charge is 2.34. The summed E-state index contributed by atoms with van der Waals surface area (Å²) in [5.74, 6) is 1.49. The Kier molecular flexibility index (Phi) is 9.63. The quantitative estimate of drug-likeness (QED) is 0.315. The first-order chi connectivity index (χ1) is 16.3. The van der Waals surface area contributed by atoms with Gasteiger partial charge in [0.05, 0.1) is 16.9 Å². The van der Waals surface area contributed by atoms with E-state index in [0.717, 1.165) is 25.0 Å². The molecule has 0 radical (unpaired) electrons. The number of fused-ring (bicyclic) bond motifs is 1. The third-order valence-electron chi connectivity index (χ3n) is 6.87. The molecule has 2 rings (SSSR count). The molecule has 0 amide bonds. The average molecular weight is 502 g/mol. The minimum Gasteiger partial charge on any atom is -0.492 e. The van der Waals surface area contributed by atoms with Crippen LogP contribution >= 0.6 is 0 Å². The van der Waals surface area contributed by atoms with E-state index in [-0.39, 0.29) is 10.8 Å². The van der Waals surface area contributed by atoms with Crippen LogP contribution in [-0.2, 0) is 9.84 Å². The van der Waals surface area contributed by atoms with Crippen LogP contribution in [-0.4, -0.2) is 35.5 Å². The van der Waals surface area contributed by atoms with Gasteiger partial charge in [0.15, 0.2) is 15.7 Å². The number of aliphatic imine (C=N–C) groups is 1. The summed E-state index contributed by atoms with van der Waals surface area (Å²) in [6, 6.07) is 3.36. The van der Waals surface area contributed by atoms with Gasteiger partial charge in [-0.3, -0.25) is 0 Å². The van der Waals surface area contributed by atoms with Crippen molar-refractivity contribution in [3.8, 4) is 5.75 Å². The molecule has 0 N–H and O–H groups in total. The van der Waals surface area contributed by atoms with E-state index in [0.29, 0.717) is 35.0 Å². The molecule has 6 nitrogen and oxygen atoms in total. The predicted molar refractivity (Wildman–Crippen MR) is 147 cm³/mol. The molecule has 1 aromatic heterocycles. The number of hydrogen-bond donors (Lipinski definition) is 0. The normalized spacial score (nSPS) is 15.7. The SMILES string of the molecule is CCCOc1cc2ncnc(N=C(C(C)=C(C)C(C)CC)C(C)CC)c2cc1S(=O)(=O)C(C)(C)C. The number of ether oxygens (including phenoxy) is 1. The lowest BCUT2D eigenvalue weighted by atomic mass is 9.88. The van der Waals surface area contributed by atoms with Gasteiger partial charge in [0.25, 0.3) is 0 Å². The summed E-state index contributed by atoms with van der Waals surface area (Å²) < 4.78 is 31.9. The molecule has 1 aromatic carbocycles. The topological polar surface area (TPSA) is 81.5 Å². The molecule has 0 saturated heterocycles. The Morgan fingerprint density at radius 2 is 1.66 bits per heavy atom. The van der Waals surface area contributed by atoms with Crippen LogP contribution in [0.4, 0.5) is 5.82 Å². The van der Waals surface area contributed by atoms with E-state index in [1.54, 1.807) is 32.9 Å². The molecular weight excluding hydrogens is 458 g/mol. The summed E-state index contributed by atoms with van der Waals surface area (Å²) in [7, 11) is -3.68. The zero-order valence-corrected chi connectivity index (χ0v) is 24.0. The summed E-state index contributed by atoms with van der Waals surface area (Å²) in [5.41, 5.74) is 4.08. The van der Waals surface area contributed by atoms with Gasteiger partial charge in [-0.15, -0.1) is 0 Å². The van der Waals surface area contributed by atoms with E-state index in [2.05, 4.69) is 51.5 Å². The average Bonchev–Trinajstić information content (AvgIpc) is 2.82. The Hall–Kier alpha value is -2.28. The highest BCUT2D eigenvalue weighted by atomic mass is 32.2. The minimum atomic E-state index is -3.68. The number of benzene rings is 1. The van der Waals surface area contributed by atoms with Crippen molar-refractivity contribution in [3.63, 3.8) is 0 Å². The molecule has 0 aliphatic heterocycles. The van der Waals surface area contributed by atoms with Crippen LogP contribution in [0.25, 0.3) is 10.9 Å². The van der Waals surface area contributed by atoms with Crippen molar-refractivity contribution in [3.05, 3.63) is 29.6 Å². The maximum Gasteiger partial charge on any atom is 0.186 e. The number of nitrogens with zero attached hydrogens (tertiary/aromatic N) is 3. The summed E-state index contributed by atoms with van der Waals surface area (Å²) in [6.07, 6.45) is 4.25. The van der Waals surface area contributed by atoms with Gasteiger partial charge in [-0.05, 0) is 77.4 Å². The molecule has 194 valence electrons. The van der Waals surface area contributed by atoms with E-state index >= 15 is 0 Å². The van der Waals surface area contributed by atoms with E-state index in [4.69, 9.17) is 9.73 Å². The van der Waals surface area contributed by atoms with Crippen molar-refractivity contribution in [2.45, 2.75) is 98.1 Å². The smallest absolute Gasteiger partial charge is 0.186 e. The fourth-order valence-electron chi connectivity index (χ4n) is 3.75. The van der Waals surface area contributed by atoms with E-state index in [1.807, 2.05) is 6.92 Å². The monoisotopic (exact) mass is 501 g/mol. The van der Waals surface area contributed by atoms with E-state index in [9.17, 15) is 8.42 Å². The molecule has 35 heavy (non-hydrogen) atoms. The first-order valence-electron chi connectivity index (χ1n) is 12.7. The second-order valence-corrected chi connectivity index (χ2v) is 13.1. The molecule has 2 atom stereocenters. The van der Waals surface area contributed by atoms with Crippen molar-refractivity contribution in [2.24, 2.45) is 16.8 Å². The van der Waals surface area contributed by atoms with Gasteiger partial charge in [-0.1, -0.05) is 40.2 Å². The second kappa shape index (κ2) is 11.6. The summed E-state index contributed by atoms with van der Waals surface area (Å²) in [4.78, 5) is 14.1. The van der Waals surface area contributed by atoms with E-state index < -0.39 is 14.6 Å². The maximum absolute atomic E-state index is 13.5.